The SMILES string of the molecule is CC(C)C1(c2ccc(Br)c(Cl)c2F)CCCN1. The van der Waals surface area contributed by atoms with Crippen molar-refractivity contribution in [3.8, 4) is 0 Å². The zero-order valence-electron chi connectivity index (χ0n) is 9.99. The summed E-state index contributed by atoms with van der Waals surface area (Å²) in [6, 6.07) is 3.66. The van der Waals surface area contributed by atoms with Crippen molar-refractivity contribution in [2.45, 2.75) is 32.2 Å². The molecule has 0 spiro atoms. The molecular formula is C13H16BrClFN. The van der Waals surface area contributed by atoms with Gasteiger partial charge in [-0.3, -0.25) is 0 Å². The van der Waals surface area contributed by atoms with Gasteiger partial charge in [0.25, 0.3) is 0 Å². The molecular weight excluding hydrogens is 305 g/mol. The van der Waals surface area contributed by atoms with Crippen molar-refractivity contribution in [3.63, 3.8) is 0 Å². The van der Waals surface area contributed by atoms with Gasteiger partial charge >= 0.3 is 0 Å². The van der Waals surface area contributed by atoms with E-state index in [1.165, 1.54) is 0 Å². The maximum absolute atomic E-state index is 14.3. The maximum Gasteiger partial charge on any atom is 0.148 e. The molecule has 1 aromatic rings. The van der Waals surface area contributed by atoms with Gasteiger partial charge in [0.05, 0.1) is 5.02 Å². The Balaban J connectivity index is 2.55. The highest BCUT2D eigenvalue weighted by molar-refractivity contribution is 9.10. The lowest BCUT2D eigenvalue weighted by atomic mass is 9.78. The molecule has 0 aliphatic carbocycles. The fourth-order valence-corrected chi connectivity index (χ4v) is 3.14. The third-order valence-electron chi connectivity index (χ3n) is 3.69. The standard InChI is InChI=1S/C13H16BrClFN/c1-8(2)13(6-3-7-17-13)9-4-5-10(14)11(15)12(9)16/h4-5,8,17H,3,6-7H2,1-2H3. The molecule has 1 fully saturated rings. The third-order valence-corrected chi connectivity index (χ3v) is 4.95. The first-order valence-electron chi connectivity index (χ1n) is 5.88. The van der Waals surface area contributed by atoms with Crippen LogP contribution in [0.2, 0.25) is 5.02 Å². The summed E-state index contributed by atoms with van der Waals surface area (Å²) in [5.41, 5.74) is 0.423. The summed E-state index contributed by atoms with van der Waals surface area (Å²) in [6.45, 7) is 5.17. The van der Waals surface area contributed by atoms with E-state index in [2.05, 4.69) is 35.1 Å². The molecule has 0 bridgehead atoms. The van der Waals surface area contributed by atoms with Crippen LogP contribution >= 0.6 is 27.5 Å². The number of rotatable bonds is 2. The van der Waals surface area contributed by atoms with Crippen molar-refractivity contribution in [2.24, 2.45) is 5.92 Å². The molecule has 2 rings (SSSR count). The second kappa shape index (κ2) is 4.87. The lowest BCUT2D eigenvalue weighted by molar-refractivity contribution is 0.267. The van der Waals surface area contributed by atoms with Gasteiger partial charge in [-0.05, 0) is 47.3 Å². The molecule has 1 saturated heterocycles. The number of nitrogens with one attached hydrogen (secondary N) is 1. The van der Waals surface area contributed by atoms with Gasteiger partial charge in [-0.1, -0.05) is 31.5 Å². The minimum atomic E-state index is -0.302. The molecule has 17 heavy (non-hydrogen) atoms. The molecule has 94 valence electrons. The van der Waals surface area contributed by atoms with E-state index in [0.29, 0.717) is 16.0 Å². The van der Waals surface area contributed by atoms with E-state index >= 15 is 0 Å². The van der Waals surface area contributed by atoms with Gasteiger partial charge in [0, 0.05) is 15.6 Å². The van der Waals surface area contributed by atoms with E-state index in [9.17, 15) is 4.39 Å². The molecule has 0 aromatic heterocycles. The fraction of sp³-hybridized carbons (Fsp3) is 0.538. The quantitative estimate of drug-likeness (QED) is 0.792. The highest BCUT2D eigenvalue weighted by atomic mass is 79.9. The van der Waals surface area contributed by atoms with Crippen LogP contribution in [0.5, 0.6) is 0 Å². The van der Waals surface area contributed by atoms with Crippen LogP contribution in [0.4, 0.5) is 4.39 Å². The summed E-state index contributed by atoms with van der Waals surface area (Å²) in [4.78, 5) is 0. The largest absolute Gasteiger partial charge is 0.307 e. The van der Waals surface area contributed by atoms with Crippen LogP contribution in [-0.4, -0.2) is 6.54 Å². The van der Waals surface area contributed by atoms with Crippen molar-refractivity contribution in [2.75, 3.05) is 6.54 Å². The molecule has 1 atom stereocenters. The van der Waals surface area contributed by atoms with Crippen LogP contribution in [0.1, 0.15) is 32.3 Å². The van der Waals surface area contributed by atoms with Crippen molar-refractivity contribution in [1.82, 2.24) is 5.32 Å². The van der Waals surface area contributed by atoms with Crippen LogP contribution < -0.4 is 5.32 Å². The summed E-state index contributed by atoms with van der Waals surface area (Å²) >= 11 is 9.23. The summed E-state index contributed by atoms with van der Waals surface area (Å²) in [7, 11) is 0. The monoisotopic (exact) mass is 319 g/mol. The lowest BCUT2D eigenvalue weighted by Gasteiger charge is -2.35. The van der Waals surface area contributed by atoms with Gasteiger partial charge in [-0.25, -0.2) is 4.39 Å². The van der Waals surface area contributed by atoms with Gasteiger partial charge in [0.1, 0.15) is 5.82 Å². The Kier molecular flexibility index (Phi) is 3.81. The van der Waals surface area contributed by atoms with Gasteiger partial charge in [-0.2, -0.15) is 0 Å². The Morgan fingerprint density at radius 2 is 2.18 bits per heavy atom. The summed E-state index contributed by atoms with van der Waals surface area (Å²) < 4.78 is 14.9. The van der Waals surface area contributed by atoms with Gasteiger partial charge in [0.15, 0.2) is 0 Å². The average molecular weight is 321 g/mol. The Bertz CT molecular complexity index is 428. The highest BCUT2D eigenvalue weighted by Gasteiger charge is 2.40. The topological polar surface area (TPSA) is 12.0 Å². The molecule has 1 unspecified atom stereocenters. The molecule has 1 aromatic carbocycles. The Morgan fingerprint density at radius 1 is 1.47 bits per heavy atom. The van der Waals surface area contributed by atoms with Crippen molar-refractivity contribution < 1.29 is 4.39 Å². The smallest absolute Gasteiger partial charge is 0.148 e. The van der Waals surface area contributed by atoms with Crippen LogP contribution in [0, 0.1) is 11.7 Å². The third kappa shape index (κ3) is 2.13. The van der Waals surface area contributed by atoms with Crippen molar-refractivity contribution in [3.05, 3.63) is 33.0 Å². The van der Waals surface area contributed by atoms with Gasteiger partial charge < -0.3 is 5.32 Å². The maximum atomic E-state index is 14.3. The van der Waals surface area contributed by atoms with Crippen molar-refractivity contribution in [1.29, 1.82) is 0 Å². The van der Waals surface area contributed by atoms with Gasteiger partial charge in [0.2, 0.25) is 0 Å². The lowest BCUT2D eigenvalue weighted by Crippen LogP contribution is -2.42. The highest BCUT2D eigenvalue weighted by Crippen LogP contribution is 2.41. The minimum Gasteiger partial charge on any atom is -0.307 e. The summed E-state index contributed by atoms with van der Waals surface area (Å²) in [5.74, 6) is 0.0286. The van der Waals surface area contributed by atoms with E-state index in [-0.39, 0.29) is 16.4 Å². The van der Waals surface area contributed by atoms with Crippen LogP contribution in [0.3, 0.4) is 0 Å². The Labute approximate surface area is 115 Å². The van der Waals surface area contributed by atoms with E-state index < -0.39 is 0 Å². The first-order valence-corrected chi connectivity index (χ1v) is 7.05. The second-order valence-corrected chi connectivity index (χ2v) is 6.11. The zero-order chi connectivity index (χ0) is 12.6. The first kappa shape index (κ1) is 13.3. The molecule has 1 aliphatic rings. The van der Waals surface area contributed by atoms with Gasteiger partial charge in [-0.15, -0.1) is 0 Å². The molecule has 0 radical (unpaired) electrons. The predicted molar refractivity (Wildman–Crippen MR) is 72.9 cm³/mol. The fourth-order valence-electron chi connectivity index (χ4n) is 2.67. The second-order valence-electron chi connectivity index (χ2n) is 4.88. The number of hydrogen-bond acceptors (Lipinski definition) is 1. The van der Waals surface area contributed by atoms with Crippen LogP contribution in [-0.2, 0) is 5.54 Å². The number of hydrogen-bond donors (Lipinski definition) is 1. The Morgan fingerprint density at radius 3 is 2.71 bits per heavy atom. The number of halogens is 3. The zero-order valence-corrected chi connectivity index (χ0v) is 12.3. The minimum absolute atomic E-state index is 0.177. The molecule has 1 N–H and O–H groups in total. The predicted octanol–water partition coefficient (Wildman–Crippen LogP) is 4.48. The number of benzene rings is 1. The first-order chi connectivity index (χ1) is 7.99. The molecule has 1 aliphatic heterocycles. The Hall–Kier alpha value is -0.120. The van der Waals surface area contributed by atoms with Crippen LogP contribution in [0.25, 0.3) is 0 Å². The molecule has 1 nitrogen and oxygen atoms in total. The average Bonchev–Trinajstić information content (AvgIpc) is 2.76. The molecule has 0 saturated carbocycles. The molecule has 0 amide bonds. The summed E-state index contributed by atoms with van der Waals surface area (Å²) in [6.07, 6.45) is 2.03. The van der Waals surface area contributed by atoms with E-state index in [4.69, 9.17) is 11.6 Å². The van der Waals surface area contributed by atoms with E-state index in [1.54, 1.807) is 0 Å². The van der Waals surface area contributed by atoms with E-state index in [0.717, 1.165) is 19.4 Å². The van der Waals surface area contributed by atoms with Crippen LogP contribution in [0.15, 0.2) is 16.6 Å². The molecule has 1 heterocycles. The van der Waals surface area contributed by atoms with Crippen molar-refractivity contribution >= 4 is 27.5 Å². The summed E-state index contributed by atoms with van der Waals surface area (Å²) in [5, 5.41) is 3.64. The normalized spacial score (nSPS) is 24.6. The van der Waals surface area contributed by atoms with E-state index in [1.807, 2.05) is 12.1 Å². The molecule has 4 heteroatoms.